The normalized spacial score (nSPS) is 14.7. The standard InChI is InChI=1S/C14H17ClN6O2S/c1-20-14(17-18-19-20)24-9-13(22)16-11-8-10(15)2-3-12(11)21-4-6-23-7-5-21/h2-3,8H,4-7,9H2,1H3,(H,16,22). The van der Waals surface area contributed by atoms with Crippen LogP contribution in [0.2, 0.25) is 5.02 Å². The molecule has 0 aliphatic carbocycles. The summed E-state index contributed by atoms with van der Waals surface area (Å²) < 4.78 is 6.90. The van der Waals surface area contributed by atoms with E-state index in [1.807, 2.05) is 12.1 Å². The third-order valence-electron chi connectivity index (χ3n) is 3.50. The summed E-state index contributed by atoms with van der Waals surface area (Å²) in [5, 5.41) is 15.2. The van der Waals surface area contributed by atoms with E-state index in [4.69, 9.17) is 16.3 Å². The number of hydrogen-bond donors (Lipinski definition) is 1. The summed E-state index contributed by atoms with van der Waals surface area (Å²) in [6.07, 6.45) is 0. The minimum absolute atomic E-state index is 0.139. The Morgan fingerprint density at radius 2 is 2.21 bits per heavy atom. The summed E-state index contributed by atoms with van der Waals surface area (Å²) in [4.78, 5) is 14.4. The fraction of sp³-hybridized carbons (Fsp3) is 0.429. The zero-order valence-corrected chi connectivity index (χ0v) is 14.7. The van der Waals surface area contributed by atoms with Gasteiger partial charge in [0.1, 0.15) is 0 Å². The van der Waals surface area contributed by atoms with Crippen LogP contribution in [0, 0.1) is 0 Å². The van der Waals surface area contributed by atoms with Gasteiger partial charge in [-0.15, -0.1) is 5.10 Å². The van der Waals surface area contributed by atoms with Crippen LogP contribution in [0.1, 0.15) is 0 Å². The van der Waals surface area contributed by atoms with Crippen molar-refractivity contribution in [3.8, 4) is 0 Å². The highest BCUT2D eigenvalue weighted by atomic mass is 35.5. The topological polar surface area (TPSA) is 85.2 Å². The first kappa shape index (κ1) is 17.0. The Morgan fingerprint density at radius 3 is 2.92 bits per heavy atom. The molecule has 10 heteroatoms. The van der Waals surface area contributed by atoms with E-state index in [1.54, 1.807) is 13.1 Å². The quantitative estimate of drug-likeness (QED) is 0.799. The van der Waals surface area contributed by atoms with E-state index < -0.39 is 0 Å². The van der Waals surface area contributed by atoms with E-state index >= 15 is 0 Å². The minimum Gasteiger partial charge on any atom is -0.378 e. The van der Waals surface area contributed by atoms with E-state index in [0.29, 0.717) is 29.1 Å². The monoisotopic (exact) mass is 368 g/mol. The van der Waals surface area contributed by atoms with Crippen LogP contribution in [0.15, 0.2) is 23.4 Å². The van der Waals surface area contributed by atoms with Crippen molar-refractivity contribution < 1.29 is 9.53 Å². The van der Waals surface area contributed by atoms with E-state index in [-0.39, 0.29) is 11.7 Å². The molecule has 128 valence electrons. The second-order valence-electron chi connectivity index (χ2n) is 5.18. The number of tetrazole rings is 1. The average molecular weight is 369 g/mol. The van der Waals surface area contributed by atoms with Gasteiger partial charge in [0.05, 0.1) is 30.3 Å². The average Bonchev–Trinajstić information content (AvgIpc) is 2.99. The third-order valence-corrected chi connectivity index (χ3v) is 4.74. The highest BCUT2D eigenvalue weighted by Gasteiger charge is 2.17. The number of ether oxygens (including phenoxy) is 1. The summed E-state index contributed by atoms with van der Waals surface area (Å²) >= 11 is 7.36. The molecule has 1 aromatic heterocycles. The van der Waals surface area contributed by atoms with Crippen molar-refractivity contribution >= 4 is 40.6 Å². The summed E-state index contributed by atoms with van der Waals surface area (Å²) in [6.45, 7) is 2.91. The number of halogens is 1. The number of benzene rings is 1. The Bertz CT molecular complexity index is 719. The molecule has 1 saturated heterocycles. The molecule has 8 nitrogen and oxygen atoms in total. The molecule has 2 aromatic rings. The number of hydrogen-bond acceptors (Lipinski definition) is 7. The Labute approximate surface area is 148 Å². The van der Waals surface area contributed by atoms with E-state index in [1.165, 1.54) is 16.4 Å². The van der Waals surface area contributed by atoms with Crippen molar-refractivity contribution in [1.29, 1.82) is 0 Å². The summed E-state index contributed by atoms with van der Waals surface area (Å²) in [7, 11) is 1.73. The lowest BCUT2D eigenvalue weighted by atomic mass is 10.2. The van der Waals surface area contributed by atoms with Crippen LogP contribution in [0.25, 0.3) is 0 Å². The van der Waals surface area contributed by atoms with Gasteiger partial charge in [-0.1, -0.05) is 23.4 Å². The Kier molecular flexibility index (Phi) is 5.54. The van der Waals surface area contributed by atoms with Crippen molar-refractivity contribution in [2.75, 3.05) is 42.3 Å². The number of carbonyl (C=O) groups excluding carboxylic acids is 1. The lowest BCUT2D eigenvalue weighted by Crippen LogP contribution is -2.36. The van der Waals surface area contributed by atoms with Crippen LogP contribution in [0.4, 0.5) is 11.4 Å². The fourth-order valence-electron chi connectivity index (χ4n) is 2.35. The van der Waals surface area contributed by atoms with Crippen LogP contribution >= 0.6 is 23.4 Å². The number of thioether (sulfide) groups is 1. The van der Waals surface area contributed by atoms with Crippen molar-refractivity contribution in [2.45, 2.75) is 5.16 Å². The molecule has 1 fully saturated rings. The number of morpholine rings is 1. The molecule has 1 N–H and O–H groups in total. The molecule has 2 heterocycles. The molecule has 0 spiro atoms. The molecule has 0 unspecified atom stereocenters. The first-order valence-corrected chi connectivity index (χ1v) is 8.77. The number of aromatic nitrogens is 4. The number of aryl methyl sites for hydroxylation is 1. The summed E-state index contributed by atoms with van der Waals surface area (Å²) in [5.41, 5.74) is 1.65. The molecule has 0 saturated carbocycles. The molecule has 1 aromatic carbocycles. The zero-order chi connectivity index (χ0) is 16.9. The predicted molar refractivity (Wildman–Crippen MR) is 92.6 cm³/mol. The van der Waals surface area contributed by atoms with Crippen LogP contribution < -0.4 is 10.2 Å². The molecule has 0 bridgehead atoms. The third kappa shape index (κ3) is 4.16. The van der Waals surface area contributed by atoms with Gasteiger partial charge in [-0.25, -0.2) is 4.68 Å². The van der Waals surface area contributed by atoms with Crippen molar-refractivity contribution in [3.05, 3.63) is 23.2 Å². The molecular weight excluding hydrogens is 352 g/mol. The largest absolute Gasteiger partial charge is 0.378 e. The van der Waals surface area contributed by atoms with E-state index in [9.17, 15) is 4.79 Å². The second kappa shape index (κ2) is 7.82. The minimum atomic E-state index is -0.139. The predicted octanol–water partition coefficient (Wildman–Crippen LogP) is 1.43. The Morgan fingerprint density at radius 1 is 1.42 bits per heavy atom. The van der Waals surface area contributed by atoms with Gasteiger partial charge in [-0.2, -0.15) is 0 Å². The highest BCUT2D eigenvalue weighted by Crippen LogP contribution is 2.30. The van der Waals surface area contributed by atoms with Crippen molar-refractivity contribution in [1.82, 2.24) is 20.2 Å². The smallest absolute Gasteiger partial charge is 0.234 e. The summed E-state index contributed by atoms with van der Waals surface area (Å²) in [5.74, 6) is 0.0725. The molecule has 1 amide bonds. The van der Waals surface area contributed by atoms with Crippen LogP contribution in [-0.2, 0) is 16.6 Å². The molecule has 0 atom stereocenters. The lowest BCUT2D eigenvalue weighted by molar-refractivity contribution is -0.113. The maximum absolute atomic E-state index is 12.3. The van der Waals surface area contributed by atoms with Crippen LogP contribution in [0.5, 0.6) is 0 Å². The maximum Gasteiger partial charge on any atom is 0.234 e. The van der Waals surface area contributed by atoms with Crippen LogP contribution in [-0.4, -0.2) is 58.2 Å². The van der Waals surface area contributed by atoms with Gasteiger partial charge in [0.25, 0.3) is 0 Å². The van der Waals surface area contributed by atoms with Gasteiger partial charge in [0.15, 0.2) is 0 Å². The fourth-order valence-corrected chi connectivity index (χ4v) is 3.17. The maximum atomic E-state index is 12.3. The molecule has 1 aliphatic heterocycles. The van der Waals surface area contributed by atoms with Crippen LogP contribution in [0.3, 0.4) is 0 Å². The second-order valence-corrected chi connectivity index (χ2v) is 6.56. The van der Waals surface area contributed by atoms with Gasteiger partial charge >= 0.3 is 0 Å². The molecule has 24 heavy (non-hydrogen) atoms. The summed E-state index contributed by atoms with van der Waals surface area (Å²) in [6, 6.07) is 5.50. The molecular formula is C14H17ClN6O2S. The van der Waals surface area contributed by atoms with E-state index in [2.05, 4.69) is 25.7 Å². The first-order chi connectivity index (χ1) is 11.6. The first-order valence-electron chi connectivity index (χ1n) is 7.41. The van der Waals surface area contributed by atoms with Gasteiger partial charge < -0.3 is 15.0 Å². The highest BCUT2D eigenvalue weighted by molar-refractivity contribution is 7.99. The van der Waals surface area contributed by atoms with Gasteiger partial charge in [-0.05, 0) is 28.6 Å². The molecule has 0 radical (unpaired) electrons. The SMILES string of the molecule is Cn1nnnc1SCC(=O)Nc1cc(Cl)ccc1N1CCOCC1. The van der Waals surface area contributed by atoms with Gasteiger partial charge in [-0.3, -0.25) is 4.79 Å². The number of nitrogens with zero attached hydrogens (tertiary/aromatic N) is 5. The van der Waals surface area contributed by atoms with Gasteiger partial charge in [0, 0.05) is 25.2 Å². The number of anilines is 2. The van der Waals surface area contributed by atoms with E-state index in [0.717, 1.165) is 18.8 Å². The molecule has 1 aliphatic rings. The van der Waals surface area contributed by atoms with Crippen molar-refractivity contribution in [3.63, 3.8) is 0 Å². The number of amides is 1. The lowest BCUT2D eigenvalue weighted by Gasteiger charge is -2.30. The Balaban J connectivity index is 1.67. The number of nitrogens with one attached hydrogen (secondary N) is 1. The van der Waals surface area contributed by atoms with Crippen molar-refractivity contribution in [2.24, 2.45) is 7.05 Å². The Hall–Kier alpha value is -1.84. The number of rotatable bonds is 5. The number of carbonyl (C=O) groups is 1. The zero-order valence-electron chi connectivity index (χ0n) is 13.1. The molecule has 3 rings (SSSR count). The van der Waals surface area contributed by atoms with Gasteiger partial charge in [0.2, 0.25) is 11.1 Å².